The van der Waals surface area contributed by atoms with E-state index in [1.807, 2.05) is 0 Å². The first kappa shape index (κ1) is 13.7. The van der Waals surface area contributed by atoms with Crippen LogP contribution in [0.5, 0.6) is 0 Å². The van der Waals surface area contributed by atoms with Crippen LogP contribution in [0.4, 0.5) is 0 Å². The van der Waals surface area contributed by atoms with Crippen LogP contribution < -0.4 is 0 Å². The molecule has 1 aromatic carbocycles. The number of nitrogens with zero attached hydrogens (tertiary/aromatic N) is 1. The second-order valence-corrected chi connectivity index (χ2v) is 4.86. The third-order valence-electron chi connectivity index (χ3n) is 3.21. The molecule has 21 heavy (non-hydrogen) atoms. The van der Waals surface area contributed by atoms with Crippen LogP contribution in [0, 0.1) is 0 Å². The minimum atomic E-state index is -0.722. The predicted octanol–water partition coefficient (Wildman–Crippen LogP) is 0.901. The van der Waals surface area contributed by atoms with Gasteiger partial charge in [-0.2, -0.15) is 0 Å². The van der Waals surface area contributed by atoms with Gasteiger partial charge < -0.3 is 4.74 Å². The highest BCUT2D eigenvalue weighted by atomic mass is 35.5. The lowest BCUT2D eigenvalue weighted by Crippen LogP contribution is -2.48. The Morgan fingerprint density at radius 1 is 0.905 bits per heavy atom. The summed E-state index contributed by atoms with van der Waals surface area (Å²) in [5.41, 5.74) is -0.114. The van der Waals surface area contributed by atoms with Crippen LogP contribution in [0.15, 0.2) is 35.0 Å². The number of benzene rings is 1. The summed E-state index contributed by atoms with van der Waals surface area (Å²) in [4.78, 5) is 49.0. The summed E-state index contributed by atoms with van der Waals surface area (Å²) >= 11 is 5.94. The first-order valence-electron chi connectivity index (χ1n) is 6.04. The maximum atomic E-state index is 12.5. The molecule has 0 saturated carbocycles. The summed E-state index contributed by atoms with van der Waals surface area (Å²) in [5, 5.41) is -0.428. The smallest absolute Gasteiger partial charge is 0.260 e. The number of Topliss-reactive ketones (excluding diaryl/α,β-unsaturated/α-hetero) is 2. The molecule has 1 aliphatic heterocycles. The van der Waals surface area contributed by atoms with E-state index in [0.717, 1.165) is 0 Å². The van der Waals surface area contributed by atoms with E-state index in [2.05, 4.69) is 0 Å². The molecule has 0 radical (unpaired) electrons. The zero-order valence-electron chi connectivity index (χ0n) is 10.6. The van der Waals surface area contributed by atoms with Crippen LogP contribution in [0.2, 0.25) is 0 Å². The number of fused-ring (bicyclic) bond motifs is 1. The normalized spacial score (nSPS) is 19.2. The number of allylic oxidation sites excluding steroid dienone is 2. The molecule has 7 heteroatoms. The first-order chi connectivity index (χ1) is 10.0. The summed E-state index contributed by atoms with van der Waals surface area (Å²) in [6.45, 7) is -0.689. The van der Waals surface area contributed by atoms with Gasteiger partial charge >= 0.3 is 0 Å². The van der Waals surface area contributed by atoms with Crippen molar-refractivity contribution in [3.8, 4) is 0 Å². The maximum Gasteiger partial charge on any atom is 0.260 e. The number of hydrogen-bond acceptors (Lipinski definition) is 5. The molecule has 1 heterocycles. The van der Waals surface area contributed by atoms with Crippen molar-refractivity contribution in [2.75, 3.05) is 13.2 Å². The van der Waals surface area contributed by atoms with Crippen molar-refractivity contribution in [2.24, 2.45) is 0 Å². The van der Waals surface area contributed by atoms with E-state index in [1.54, 1.807) is 12.1 Å². The molecule has 0 N–H and O–H groups in total. The quantitative estimate of drug-likeness (QED) is 0.720. The zero-order chi connectivity index (χ0) is 15.1. The predicted molar refractivity (Wildman–Crippen MR) is 70.7 cm³/mol. The van der Waals surface area contributed by atoms with Gasteiger partial charge in [0.1, 0.15) is 23.9 Å². The first-order valence-corrected chi connectivity index (χ1v) is 6.42. The number of ether oxygens (including phenoxy) is 1. The Labute approximate surface area is 123 Å². The van der Waals surface area contributed by atoms with Gasteiger partial charge in [-0.1, -0.05) is 35.9 Å². The van der Waals surface area contributed by atoms with Crippen LogP contribution in [0.3, 0.4) is 0 Å². The fourth-order valence-electron chi connectivity index (χ4n) is 2.28. The fourth-order valence-corrected chi connectivity index (χ4v) is 2.55. The Morgan fingerprint density at radius 3 is 2.00 bits per heavy atom. The molecule has 106 valence electrons. The minimum Gasteiger partial charge on any atom is -0.362 e. The number of carbonyl (C=O) groups excluding carboxylic acids is 4. The van der Waals surface area contributed by atoms with Gasteiger partial charge in [0.2, 0.25) is 11.6 Å². The number of morpholine rings is 1. The summed E-state index contributed by atoms with van der Waals surface area (Å²) < 4.78 is 4.78. The molecule has 0 unspecified atom stereocenters. The number of carbonyl (C=O) groups is 4. The average Bonchev–Trinajstić information content (AvgIpc) is 2.48. The van der Waals surface area contributed by atoms with Crippen molar-refractivity contribution in [3.63, 3.8) is 0 Å². The topological polar surface area (TPSA) is 80.8 Å². The van der Waals surface area contributed by atoms with Crippen molar-refractivity contribution in [1.29, 1.82) is 0 Å². The molecule has 2 aliphatic rings. The summed E-state index contributed by atoms with van der Waals surface area (Å²) in [5.74, 6) is -2.66. The van der Waals surface area contributed by atoms with E-state index >= 15 is 0 Å². The highest BCUT2D eigenvalue weighted by Crippen LogP contribution is 2.31. The molecule has 0 atom stereocenters. The molecule has 1 aromatic rings. The van der Waals surface area contributed by atoms with Crippen LogP contribution in [0.1, 0.15) is 20.7 Å². The van der Waals surface area contributed by atoms with Gasteiger partial charge in [0.25, 0.3) is 11.8 Å². The largest absolute Gasteiger partial charge is 0.362 e. The Balaban J connectivity index is 2.16. The molecule has 0 bridgehead atoms. The monoisotopic (exact) mass is 305 g/mol. The van der Waals surface area contributed by atoms with E-state index in [4.69, 9.17) is 16.3 Å². The SMILES string of the molecule is O=C1C(Cl)=C(N2C(=O)COCC2=O)C(=O)c2ccccc21. The Hall–Kier alpha value is -2.31. The van der Waals surface area contributed by atoms with Gasteiger partial charge in [0.15, 0.2) is 0 Å². The van der Waals surface area contributed by atoms with Crippen LogP contribution in [-0.2, 0) is 14.3 Å². The Bertz CT molecular complexity index is 721. The second kappa shape index (κ2) is 4.91. The molecule has 1 saturated heterocycles. The third-order valence-corrected chi connectivity index (χ3v) is 3.56. The van der Waals surface area contributed by atoms with Crippen molar-refractivity contribution < 1.29 is 23.9 Å². The molecule has 6 nitrogen and oxygen atoms in total. The van der Waals surface area contributed by atoms with Crippen molar-refractivity contribution in [1.82, 2.24) is 4.90 Å². The standard InChI is InChI=1S/C14H8ClNO5/c15-11-12(16-9(17)5-21-6-10(16)18)14(20)8-4-2-1-3-7(8)13(11)19/h1-4H,5-6H2. The lowest BCUT2D eigenvalue weighted by Gasteiger charge is -2.29. The third kappa shape index (κ3) is 2.00. The number of amides is 2. The molecule has 2 amide bonds. The van der Waals surface area contributed by atoms with Crippen LogP contribution >= 0.6 is 11.6 Å². The van der Waals surface area contributed by atoms with Crippen molar-refractivity contribution in [2.45, 2.75) is 0 Å². The molecule has 3 rings (SSSR count). The van der Waals surface area contributed by atoms with Gasteiger partial charge in [-0.15, -0.1) is 0 Å². The number of ketones is 2. The molecule has 0 aromatic heterocycles. The maximum absolute atomic E-state index is 12.5. The van der Waals surface area contributed by atoms with Gasteiger partial charge in [0, 0.05) is 11.1 Å². The summed E-state index contributed by atoms with van der Waals surface area (Å²) in [7, 11) is 0. The Morgan fingerprint density at radius 2 is 1.43 bits per heavy atom. The number of hydrogen-bond donors (Lipinski definition) is 0. The summed E-state index contributed by atoms with van der Waals surface area (Å²) in [6.07, 6.45) is 0. The Kier molecular flexibility index (Phi) is 3.19. The molecular weight excluding hydrogens is 298 g/mol. The second-order valence-electron chi connectivity index (χ2n) is 4.48. The highest BCUT2D eigenvalue weighted by molar-refractivity contribution is 6.50. The van der Waals surface area contributed by atoms with Crippen molar-refractivity contribution in [3.05, 3.63) is 46.1 Å². The van der Waals surface area contributed by atoms with Gasteiger partial charge in [-0.3, -0.25) is 19.2 Å². The van der Waals surface area contributed by atoms with E-state index in [1.165, 1.54) is 12.1 Å². The van der Waals surface area contributed by atoms with Gasteiger partial charge in [-0.25, -0.2) is 4.90 Å². The zero-order valence-corrected chi connectivity index (χ0v) is 11.3. The summed E-state index contributed by atoms with van der Waals surface area (Å²) in [6, 6.07) is 6.11. The van der Waals surface area contributed by atoms with E-state index in [0.29, 0.717) is 4.90 Å². The van der Waals surface area contributed by atoms with E-state index < -0.39 is 34.1 Å². The molecule has 1 aliphatic carbocycles. The molecule has 0 spiro atoms. The molecule has 1 fully saturated rings. The van der Waals surface area contributed by atoms with E-state index in [-0.39, 0.29) is 24.3 Å². The van der Waals surface area contributed by atoms with Gasteiger partial charge in [-0.05, 0) is 0 Å². The number of imide groups is 1. The lowest BCUT2D eigenvalue weighted by atomic mass is 9.91. The van der Waals surface area contributed by atoms with Gasteiger partial charge in [0.05, 0.1) is 0 Å². The van der Waals surface area contributed by atoms with Crippen LogP contribution in [0.25, 0.3) is 0 Å². The fraction of sp³-hybridized carbons (Fsp3) is 0.143. The molecular formula is C14H8ClNO5. The number of rotatable bonds is 1. The van der Waals surface area contributed by atoms with E-state index in [9.17, 15) is 19.2 Å². The van der Waals surface area contributed by atoms with Crippen molar-refractivity contribution >= 4 is 35.0 Å². The lowest BCUT2D eigenvalue weighted by molar-refractivity contribution is -0.155. The highest BCUT2D eigenvalue weighted by Gasteiger charge is 2.40. The minimum absolute atomic E-state index is 0.119. The average molecular weight is 306 g/mol. The van der Waals surface area contributed by atoms with Crippen LogP contribution in [-0.4, -0.2) is 41.5 Å². The number of halogens is 1.